The minimum atomic E-state index is -0.203. The van der Waals surface area contributed by atoms with Gasteiger partial charge in [-0.3, -0.25) is 14.9 Å². The molecule has 2 amide bonds. The lowest BCUT2D eigenvalue weighted by Crippen LogP contribution is -2.53. The number of amides is 2. The second kappa shape index (κ2) is 7.61. The van der Waals surface area contributed by atoms with Gasteiger partial charge in [0, 0.05) is 30.7 Å². The number of halogens is 1. The van der Waals surface area contributed by atoms with Crippen LogP contribution < -0.4 is 15.5 Å². The van der Waals surface area contributed by atoms with Crippen molar-refractivity contribution in [3.63, 3.8) is 0 Å². The van der Waals surface area contributed by atoms with Crippen molar-refractivity contribution in [1.82, 2.24) is 10.6 Å². The molecule has 0 radical (unpaired) electrons. The molecule has 0 bridgehead atoms. The fraction of sp³-hybridized carbons (Fsp3) is 0.579. The summed E-state index contributed by atoms with van der Waals surface area (Å²) in [6.45, 7) is 6.56. The highest BCUT2D eigenvalue weighted by molar-refractivity contribution is 14.1. The topological polar surface area (TPSA) is 61.4 Å². The molecule has 2 heterocycles. The van der Waals surface area contributed by atoms with Crippen LogP contribution in [0.1, 0.15) is 51.0 Å². The van der Waals surface area contributed by atoms with E-state index >= 15 is 0 Å². The molecule has 1 aromatic carbocycles. The zero-order valence-electron chi connectivity index (χ0n) is 14.8. The van der Waals surface area contributed by atoms with Gasteiger partial charge in [-0.2, -0.15) is 0 Å². The summed E-state index contributed by atoms with van der Waals surface area (Å²) in [5.74, 6) is -0.536. The maximum Gasteiger partial charge on any atom is 0.234 e. The lowest BCUT2D eigenvalue weighted by atomic mass is 9.88. The SMILES string of the molecule is CC(I)NC1(C)CCN(c2ccc(C3CCC(=O)NC3=O)cc2)CC1. The van der Waals surface area contributed by atoms with Gasteiger partial charge in [0.1, 0.15) is 0 Å². The van der Waals surface area contributed by atoms with Crippen LogP contribution in [0.3, 0.4) is 0 Å². The average molecular weight is 455 g/mol. The van der Waals surface area contributed by atoms with Crippen molar-refractivity contribution in [3.05, 3.63) is 29.8 Å². The molecule has 1 aromatic rings. The summed E-state index contributed by atoms with van der Waals surface area (Å²) < 4.78 is 0.474. The molecule has 0 spiro atoms. The van der Waals surface area contributed by atoms with Gasteiger partial charge in [0.05, 0.1) is 9.97 Å². The zero-order valence-corrected chi connectivity index (χ0v) is 17.0. The third-order valence-corrected chi connectivity index (χ3v) is 5.63. The number of piperidine rings is 2. The number of nitrogens with one attached hydrogen (secondary N) is 2. The van der Waals surface area contributed by atoms with Crippen LogP contribution in [0.5, 0.6) is 0 Å². The van der Waals surface area contributed by atoms with E-state index in [0.29, 0.717) is 16.9 Å². The molecule has 3 rings (SSSR count). The van der Waals surface area contributed by atoms with E-state index in [9.17, 15) is 9.59 Å². The van der Waals surface area contributed by atoms with Gasteiger partial charge >= 0.3 is 0 Å². The van der Waals surface area contributed by atoms with Gasteiger partial charge in [0.25, 0.3) is 0 Å². The van der Waals surface area contributed by atoms with E-state index in [1.54, 1.807) is 0 Å². The van der Waals surface area contributed by atoms with Gasteiger partial charge in [-0.1, -0.05) is 34.7 Å². The zero-order chi connectivity index (χ0) is 18.0. The Bertz CT molecular complexity index is 637. The van der Waals surface area contributed by atoms with E-state index in [-0.39, 0.29) is 23.3 Å². The van der Waals surface area contributed by atoms with Crippen molar-refractivity contribution >= 4 is 40.1 Å². The number of hydrogen-bond donors (Lipinski definition) is 2. The Balaban J connectivity index is 1.62. The standard InChI is InChI=1S/C19H26IN3O2/c1-13(20)22-19(2)9-11-23(12-10-19)15-5-3-14(4-6-15)16-7-8-17(24)21-18(16)25/h3-6,13,16,22H,7-12H2,1-2H3,(H,21,24,25). The number of alkyl halides is 1. The molecule has 0 aromatic heterocycles. The minimum Gasteiger partial charge on any atom is -0.371 e. The number of benzene rings is 1. The first-order chi connectivity index (χ1) is 11.9. The van der Waals surface area contributed by atoms with Crippen molar-refractivity contribution in [1.29, 1.82) is 0 Å². The number of nitrogens with zero attached hydrogens (tertiary/aromatic N) is 1. The second-order valence-corrected chi connectivity index (χ2v) is 9.27. The quantitative estimate of drug-likeness (QED) is 0.317. The van der Waals surface area contributed by atoms with Crippen molar-refractivity contribution in [2.45, 2.75) is 55.0 Å². The Morgan fingerprint density at radius 2 is 1.88 bits per heavy atom. The van der Waals surface area contributed by atoms with E-state index < -0.39 is 0 Å². The summed E-state index contributed by atoms with van der Waals surface area (Å²) >= 11 is 2.42. The lowest BCUT2D eigenvalue weighted by Gasteiger charge is -2.42. The van der Waals surface area contributed by atoms with Crippen molar-refractivity contribution in [2.75, 3.05) is 18.0 Å². The van der Waals surface area contributed by atoms with Crippen LogP contribution in [0, 0.1) is 0 Å². The van der Waals surface area contributed by atoms with Gasteiger partial charge in [0.2, 0.25) is 11.8 Å². The Morgan fingerprint density at radius 1 is 1.24 bits per heavy atom. The summed E-state index contributed by atoms with van der Waals surface area (Å²) in [7, 11) is 0. The number of rotatable bonds is 4. The highest BCUT2D eigenvalue weighted by Crippen LogP contribution is 2.30. The fourth-order valence-corrected chi connectivity index (χ4v) is 4.56. The maximum absolute atomic E-state index is 12.0. The Kier molecular flexibility index (Phi) is 5.68. The first kappa shape index (κ1) is 18.6. The number of anilines is 1. The van der Waals surface area contributed by atoms with E-state index in [0.717, 1.165) is 31.5 Å². The maximum atomic E-state index is 12.0. The van der Waals surface area contributed by atoms with Crippen LogP contribution in [0.25, 0.3) is 0 Å². The monoisotopic (exact) mass is 455 g/mol. The number of carbonyl (C=O) groups is 2. The summed E-state index contributed by atoms with van der Waals surface area (Å²) in [5, 5.41) is 6.11. The third-order valence-electron chi connectivity index (χ3n) is 5.31. The van der Waals surface area contributed by atoms with E-state index in [2.05, 4.69) is 64.1 Å². The van der Waals surface area contributed by atoms with Crippen LogP contribution in [-0.4, -0.2) is 34.5 Å². The summed E-state index contributed by atoms with van der Waals surface area (Å²) in [6.07, 6.45) is 3.27. The molecular formula is C19H26IN3O2. The highest BCUT2D eigenvalue weighted by Gasteiger charge is 2.31. The molecule has 2 N–H and O–H groups in total. The normalized spacial score (nSPS) is 24.8. The number of hydrogen-bond acceptors (Lipinski definition) is 4. The van der Waals surface area contributed by atoms with E-state index in [4.69, 9.17) is 0 Å². The number of imide groups is 1. The fourth-order valence-electron chi connectivity index (χ4n) is 3.81. The van der Waals surface area contributed by atoms with Crippen LogP contribution in [0.4, 0.5) is 5.69 Å². The Labute approximate surface area is 163 Å². The predicted molar refractivity (Wildman–Crippen MR) is 108 cm³/mol. The molecule has 2 fully saturated rings. The molecule has 6 heteroatoms. The smallest absolute Gasteiger partial charge is 0.234 e. The van der Waals surface area contributed by atoms with Crippen LogP contribution in [0.2, 0.25) is 0 Å². The largest absolute Gasteiger partial charge is 0.371 e. The van der Waals surface area contributed by atoms with Gasteiger partial charge < -0.3 is 10.2 Å². The highest BCUT2D eigenvalue weighted by atomic mass is 127. The molecule has 136 valence electrons. The molecule has 25 heavy (non-hydrogen) atoms. The minimum absolute atomic E-state index is 0.163. The molecular weight excluding hydrogens is 429 g/mol. The molecule has 5 nitrogen and oxygen atoms in total. The molecule has 2 aliphatic rings. The summed E-state index contributed by atoms with van der Waals surface area (Å²) in [5.41, 5.74) is 2.42. The molecule has 2 aliphatic heterocycles. The number of carbonyl (C=O) groups excluding carboxylic acids is 2. The average Bonchev–Trinajstić information content (AvgIpc) is 2.55. The molecule has 0 aliphatic carbocycles. The van der Waals surface area contributed by atoms with Crippen LogP contribution in [0.15, 0.2) is 24.3 Å². The van der Waals surface area contributed by atoms with Gasteiger partial charge in [0.15, 0.2) is 0 Å². The summed E-state index contributed by atoms with van der Waals surface area (Å²) in [4.78, 5) is 25.7. The lowest BCUT2D eigenvalue weighted by molar-refractivity contribution is -0.134. The van der Waals surface area contributed by atoms with Gasteiger partial charge in [-0.15, -0.1) is 0 Å². The van der Waals surface area contributed by atoms with Crippen LogP contribution in [-0.2, 0) is 9.59 Å². The second-order valence-electron chi connectivity index (χ2n) is 7.40. The first-order valence-corrected chi connectivity index (χ1v) is 10.2. The molecule has 2 saturated heterocycles. The Morgan fingerprint density at radius 3 is 2.44 bits per heavy atom. The van der Waals surface area contributed by atoms with Crippen molar-refractivity contribution in [3.8, 4) is 0 Å². The van der Waals surface area contributed by atoms with E-state index in [1.807, 2.05) is 12.1 Å². The summed E-state index contributed by atoms with van der Waals surface area (Å²) in [6, 6.07) is 8.29. The third kappa shape index (κ3) is 4.53. The van der Waals surface area contributed by atoms with Gasteiger partial charge in [-0.05, 0) is 50.8 Å². The predicted octanol–water partition coefficient (Wildman–Crippen LogP) is 2.94. The van der Waals surface area contributed by atoms with Crippen molar-refractivity contribution in [2.24, 2.45) is 0 Å². The van der Waals surface area contributed by atoms with E-state index in [1.165, 1.54) is 5.69 Å². The molecule has 0 saturated carbocycles. The first-order valence-electron chi connectivity index (χ1n) is 8.97. The Hall–Kier alpha value is -1.15. The van der Waals surface area contributed by atoms with Crippen LogP contribution >= 0.6 is 22.6 Å². The molecule has 2 atom stereocenters. The van der Waals surface area contributed by atoms with Crippen molar-refractivity contribution < 1.29 is 9.59 Å². The molecule has 2 unspecified atom stereocenters. The van der Waals surface area contributed by atoms with Gasteiger partial charge in [-0.25, -0.2) is 0 Å².